The Morgan fingerprint density at radius 2 is 1.53 bits per heavy atom. The Hall–Kier alpha value is -9.54. The molecular formula is C62H60N14O18S5. The van der Waals surface area contributed by atoms with Gasteiger partial charge in [-0.2, -0.15) is 4.73 Å². The topological polar surface area (TPSA) is 434 Å². The van der Waals surface area contributed by atoms with E-state index in [1.807, 2.05) is 32.7 Å². The highest BCUT2D eigenvalue weighted by molar-refractivity contribution is 7.14. The summed E-state index contributed by atoms with van der Waals surface area (Å²) in [6, 6.07) is 1.07. The molecule has 8 aromatic rings. The van der Waals surface area contributed by atoms with Gasteiger partial charge in [0.05, 0.1) is 48.8 Å². The molecule has 13 rings (SSSR count). The zero-order valence-corrected chi connectivity index (χ0v) is 57.2. The second-order valence-corrected chi connectivity index (χ2v) is 28.1. The fourth-order valence-corrected chi connectivity index (χ4v) is 16.5. The van der Waals surface area contributed by atoms with E-state index in [0.29, 0.717) is 10.3 Å². The molecule has 5 aliphatic rings. The number of esters is 2. The number of methoxy groups -OCH3 is 1. The fourth-order valence-electron chi connectivity index (χ4n) is 12.3. The molecule has 1 aromatic carbocycles. The van der Waals surface area contributed by atoms with Crippen molar-refractivity contribution in [3.8, 4) is 38.4 Å². The molecule has 6 amide bonds. The molecule has 10 N–H and O–H groups in total. The van der Waals surface area contributed by atoms with Gasteiger partial charge in [0.25, 0.3) is 29.5 Å². The van der Waals surface area contributed by atoms with E-state index in [1.165, 1.54) is 60.0 Å². The van der Waals surface area contributed by atoms with Gasteiger partial charge in [-0.1, -0.05) is 18.7 Å². The first-order valence-corrected chi connectivity index (χ1v) is 34.7. The van der Waals surface area contributed by atoms with Gasteiger partial charge in [0.15, 0.2) is 18.1 Å². The number of rotatable bonds is 8. The number of carbonyl (C=O) groups is 8. The lowest BCUT2D eigenvalue weighted by Crippen LogP contribution is -2.58. The van der Waals surface area contributed by atoms with Crippen molar-refractivity contribution < 1.29 is 86.9 Å². The maximum atomic E-state index is 15.2. The number of aliphatic hydroxyl groups excluding tert-OH is 1. The summed E-state index contributed by atoms with van der Waals surface area (Å²) >= 11 is 4.53. The van der Waals surface area contributed by atoms with Crippen molar-refractivity contribution in [1.82, 2.24) is 66.1 Å². The Morgan fingerprint density at radius 1 is 0.848 bits per heavy atom. The number of thiazole rings is 5. The van der Waals surface area contributed by atoms with E-state index < -0.39 is 139 Å². The van der Waals surface area contributed by atoms with Gasteiger partial charge >= 0.3 is 11.9 Å². The van der Waals surface area contributed by atoms with Crippen molar-refractivity contribution in [3.05, 3.63) is 124 Å². The SMILES string of the molecule is C=C(NC(=O)c1csc(-c2nc3c(cc2O)-c2nc(cs2)C(=O)N[C@@H]([C@@H](C)O)C(=O)NC(=C(C)OC)c2nc(cs2)C(=O)N[C@@H]2c4nc(cs4)C(=O)N[C@@H](COC(=O)c4c5c6c(cccc6n4O)COC(=O)[C@@H](O[C@H]4C[C@]6(C)OC(C)N(C)[C@@H]6[C@H](C)O4)[C@H]2OC5)c2nc-3cs2)n1)C(N)=O. The quantitative estimate of drug-likeness (QED) is 0.0433. The molecule has 0 spiro atoms. The minimum absolute atomic E-state index is 0.00319. The third-order valence-corrected chi connectivity index (χ3v) is 21.7. The van der Waals surface area contributed by atoms with Crippen molar-refractivity contribution in [2.24, 2.45) is 5.73 Å². The first kappa shape index (κ1) is 68.0. The van der Waals surface area contributed by atoms with Gasteiger partial charge in [-0.05, 0) is 59.4 Å². The van der Waals surface area contributed by atoms with E-state index in [0.717, 1.165) is 56.7 Å². The molecule has 12 heterocycles. The molecule has 11 atom stereocenters. The predicted octanol–water partition coefficient (Wildman–Crippen LogP) is 4.65. The molecule has 0 radical (unpaired) electrons. The van der Waals surface area contributed by atoms with Crippen LogP contribution in [0, 0.1) is 0 Å². The Bertz CT molecular complexity index is 4690. The zero-order valence-electron chi connectivity index (χ0n) is 53.2. The minimum atomic E-state index is -1.85. The molecule has 2 fully saturated rings. The number of nitrogens with one attached hydrogen (secondary N) is 5. The molecule has 1 unspecified atom stereocenters. The predicted molar refractivity (Wildman–Crippen MR) is 352 cm³/mol. The fraction of sp³-hybridized carbons (Fsp3) is 0.355. The summed E-state index contributed by atoms with van der Waals surface area (Å²) in [6.07, 6.45) is -7.15. The van der Waals surface area contributed by atoms with Gasteiger partial charge < -0.3 is 80.9 Å². The molecule has 0 saturated carbocycles. The maximum absolute atomic E-state index is 15.2. The van der Waals surface area contributed by atoms with Gasteiger partial charge in [-0.15, -0.1) is 56.7 Å². The van der Waals surface area contributed by atoms with Crippen LogP contribution in [-0.4, -0.2) is 178 Å². The monoisotopic (exact) mass is 1450 g/mol. The second kappa shape index (κ2) is 26.9. The number of carbonyl (C=O) groups excluding carboxylic acids is 8. The van der Waals surface area contributed by atoms with Gasteiger partial charge in [0.2, 0.25) is 5.91 Å². The number of nitrogens with zero attached hydrogens (tertiary/aromatic N) is 8. The van der Waals surface area contributed by atoms with E-state index in [9.17, 15) is 34.6 Å². The van der Waals surface area contributed by atoms with Crippen LogP contribution in [-0.2, 0) is 60.8 Å². The number of likely N-dealkylation sites (N-methyl/N-ethyl adjacent to an activating group) is 1. The number of cyclic esters (lactones) is 2. The lowest BCUT2D eigenvalue weighted by Gasteiger charge is -2.45. The number of fused-ring (bicyclic) bond motifs is 16. The average molecular weight is 1450 g/mol. The lowest BCUT2D eigenvalue weighted by molar-refractivity contribution is -0.269. The number of nitrogens with two attached hydrogens (primary N) is 1. The number of hydrogen-bond acceptors (Lipinski definition) is 30. The zero-order chi connectivity index (χ0) is 70.2. The van der Waals surface area contributed by atoms with Crippen LogP contribution in [0.15, 0.2) is 69.2 Å². The minimum Gasteiger partial charge on any atom is -0.506 e. The van der Waals surface area contributed by atoms with Crippen molar-refractivity contribution in [2.75, 3.05) is 20.8 Å². The van der Waals surface area contributed by atoms with Crippen LogP contribution in [0.5, 0.6) is 5.75 Å². The first-order valence-electron chi connectivity index (χ1n) is 30.3. The standard InChI is InChI=1S/C62H60N14O18S5/c1-22(49(63)79)64-50(80)32-19-98-58(69-32)43-37(78)12-28-42(71-43)31-17-96-56(66-31)30-16-91-60(85)45-29-15-89-46(47(61(86)90-14-27-10-9-11-36(39(27)29)76(45)87)93-38-13-62(6)48(25(4)92-38)75(7)26(5)94-62)44(59-70-33(20-99-59)51(81)65-30)74-53(83)35-21-97-57(68-35)41(24(3)88-8)73-54(84)40(23(2)77)72-52(82)34-18-95-55(28)67-34/h9-12,17-21,23,25-26,30,38,40,44,46-48,77-78,87H,1,13-16H2,2-8H3,(H2,63,79)(H,64,80)(H,65,81)(H,72,82)(H,73,84)(H,74,83)/t23-,25+,26?,30+,38+,40+,44+,46+,47+,48-,62+/m1/s1. The summed E-state index contributed by atoms with van der Waals surface area (Å²) in [6.45, 7) is 10.1. The normalized spacial score (nSPS) is 25.4. The van der Waals surface area contributed by atoms with Crippen LogP contribution in [0.1, 0.15) is 132 Å². The first-order chi connectivity index (χ1) is 47.3. The molecule has 7 aromatic heterocycles. The Labute approximate surface area is 580 Å². The van der Waals surface area contributed by atoms with Crippen molar-refractivity contribution >= 4 is 121 Å². The molecule has 516 valence electrons. The van der Waals surface area contributed by atoms with Crippen molar-refractivity contribution in [3.63, 3.8) is 0 Å². The number of amides is 6. The smallest absolute Gasteiger partial charge is 0.358 e. The average Bonchev–Trinajstić information content (AvgIpc) is 1.61. The number of aromatic nitrogens is 7. The molecule has 5 aliphatic heterocycles. The van der Waals surface area contributed by atoms with E-state index in [1.54, 1.807) is 12.1 Å². The van der Waals surface area contributed by atoms with E-state index in [4.69, 9.17) is 53.8 Å². The van der Waals surface area contributed by atoms with E-state index in [-0.39, 0.29) is 117 Å². The van der Waals surface area contributed by atoms with Crippen molar-refractivity contribution in [2.45, 2.75) is 121 Å². The number of benzene rings is 1. The summed E-state index contributed by atoms with van der Waals surface area (Å²) in [5, 5.41) is 55.7. The van der Waals surface area contributed by atoms with Gasteiger partial charge in [-0.25, -0.2) is 39.5 Å². The van der Waals surface area contributed by atoms with Gasteiger partial charge in [0, 0.05) is 49.8 Å². The number of primary amides is 1. The second-order valence-electron chi connectivity index (χ2n) is 23.7. The van der Waals surface area contributed by atoms with Crippen LogP contribution in [0.25, 0.3) is 49.3 Å². The number of aromatic hydroxyl groups is 1. The highest BCUT2D eigenvalue weighted by Gasteiger charge is 2.56. The molecule has 0 aliphatic carbocycles. The highest BCUT2D eigenvalue weighted by atomic mass is 32.1. The van der Waals surface area contributed by atoms with Crippen LogP contribution in [0.2, 0.25) is 0 Å². The van der Waals surface area contributed by atoms with E-state index in [2.05, 4.69) is 48.1 Å². The van der Waals surface area contributed by atoms with Crippen LogP contribution < -0.4 is 32.3 Å². The van der Waals surface area contributed by atoms with Crippen molar-refractivity contribution in [1.29, 1.82) is 0 Å². The molecule has 2 saturated heterocycles. The number of ether oxygens (including phenoxy) is 7. The molecule has 37 heteroatoms. The number of aliphatic hydroxyl groups is 1. The van der Waals surface area contributed by atoms with Crippen LogP contribution >= 0.6 is 56.7 Å². The summed E-state index contributed by atoms with van der Waals surface area (Å²) in [5.41, 5.74) is 2.83. The Morgan fingerprint density at radius 3 is 2.27 bits per heavy atom. The molecule has 12 bridgehead atoms. The third kappa shape index (κ3) is 12.9. The van der Waals surface area contributed by atoms with Gasteiger partial charge in [-0.3, -0.25) is 33.7 Å². The third-order valence-electron chi connectivity index (χ3n) is 17.2. The summed E-state index contributed by atoms with van der Waals surface area (Å²) in [5.74, 6) is -8.11. The number of pyridine rings is 1. The number of allylic oxidation sites excluding steroid dienone is 1. The van der Waals surface area contributed by atoms with Gasteiger partial charge in [0.1, 0.15) is 126 Å². The number of hydrogen-bond donors (Lipinski definition) is 9. The summed E-state index contributed by atoms with van der Waals surface area (Å²) in [7, 11) is 3.22. The molecule has 32 nitrogen and oxygen atoms in total. The maximum Gasteiger partial charge on any atom is 0.358 e. The van der Waals surface area contributed by atoms with Crippen LogP contribution in [0.3, 0.4) is 0 Å². The summed E-state index contributed by atoms with van der Waals surface area (Å²) < 4.78 is 45.2. The largest absolute Gasteiger partial charge is 0.506 e. The van der Waals surface area contributed by atoms with Crippen LogP contribution in [0.4, 0.5) is 0 Å². The summed E-state index contributed by atoms with van der Waals surface area (Å²) in [4.78, 5) is 144. The Balaban J connectivity index is 0.983. The lowest BCUT2D eigenvalue weighted by atomic mass is 9.86. The molecular weight excluding hydrogens is 1390 g/mol. The van der Waals surface area contributed by atoms with E-state index >= 15 is 19.2 Å². The Kier molecular flexibility index (Phi) is 18.5. The molecule has 99 heavy (non-hydrogen) atoms. The highest BCUT2D eigenvalue weighted by Crippen LogP contribution is 2.45.